The van der Waals surface area contributed by atoms with E-state index in [1.54, 1.807) is 0 Å². The van der Waals surface area contributed by atoms with Crippen LogP contribution >= 0.6 is 0 Å². The molecule has 8 heteroatoms. The molecular formula is C19H21F7O. The van der Waals surface area contributed by atoms with Gasteiger partial charge in [0.15, 0.2) is 0 Å². The van der Waals surface area contributed by atoms with Crippen LogP contribution in [-0.4, -0.2) is 6.11 Å². The number of rotatable bonds is 6. The first-order valence-electron chi connectivity index (χ1n) is 8.71. The van der Waals surface area contributed by atoms with Gasteiger partial charge in [-0.15, -0.1) is 0 Å². The van der Waals surface area contributed by atoms with Gasteiger partial charge in [-0.05, 0) is 62.1 Å². The molecule has 1 saturated carbocycles. The fourth-order valence-electron chi connectivity index (χ4n) is 3.42. The van der Waals surface area contributed by atoms with Gasteiger partial charge in [0, 0.05) is 6.42 Å². The summed E-state index contributed by atoms with van der Waals surface area (Å²) >= 11 is 0. The molecule has 27 heavy (non-hydrogen) atoms. The van der Waals surface area contributed by atoms with Crippen LogP contribution in [0.3, 0.4) is 0 Å². The second kappa shape index (κ2) is 8.63. The first kappa shape index (κ1) is 21.7. The minimum absolute atomic E-state index is 0.234. The summed E-state index contributed by atoms with van der Waals surface area (Å²) in [5, 5.41) is 0. The maximum Gasteiger partial charge on any atom is 0.422 e. The number of allylic oxidation sites excluding steroid dienone is 2. The average molecular weight is 398 g/mol. The molecular weight excluding hydrogens is 377 g/mol. The molecule has 0 aromatic heterocycles. The Labute approximate surface area is 153 Å². The highest BCUT2D eigenvalue weighted by atomic mass is 19.4. The normalized spacial score (nSPS) is 21.8. The van der Waals surface area contributed by atoms with Crippen LogP contribution in [0.15, 0.2) is 24.3 Å². The molecule has 1 fully saturated rings. The van der Waals surface area contributed by atoms with Crippen molar-refractivity contribution in [3.05, 3.63) is 47.0 Å². The van der Waals surface area contributed by atoms with Gasteiger partial charge in [-0.3, -0.25) is 0 Å². The second-order valence-corrected chi connectivity index (χ2v) is 6.87. The Balaban J connectivity index is 1.93. The third-order valence-corrected chi connectivity index (χ3v) is 4.72. The van der Waals surface area contributed by atoms with E-state index < -0.39 is 48.1 Å². The summed E-state index contributed by atoms with van der Waals surface area (Å²) in [6.45, 7) is 1.02. The Kier molecular flexibility index (Phi) is 6.94. The van der Waals surface area contributed by atoms with Crippen molar-refractivity contribution in [1.29, 1.82) is 0 Å². The number of hydrogen-bond acceptors (Lipinski definition) is 1. The van der Waals surface area contributed by atoms with Crippen LogP contribution in [0.5, 0.6) is 0 Å². The molecule has 0 aliphatic heterocycles. The van der Waals surface area contributed by atoms with Crippen LogP contribution in [-0.2, 0) is 17.5 Å². The molecule has 1 aromatic carbocycles. The monoisotopic (exact) mass is 398 g/mol. The number of halogens is 7. The number of hydrogen-bond donors (Lipinski definition) is 0. The Morgan fingerprint density at radius 3 is 2.04 bits per heavy atom. The van der Waals surface area contributed by atoms with E-state index in [0.717, 1.165) is 12.8 Å². The zero-order valence-corrected chi connectivity index (χ0v) is 14.8. The average Bonchev–Trinajstić information content (AvgIpc) is 2.53. The van der Waals surface area contributed by atoms with E-state index in [4.69, 9.17) is 0 Å². The molecule has 1 aromatic rings. The SMILES string of the molecule is C/C=C/C1CCC(CC(F)(F)OCc2cc(F)c(C(F)(F)F)c(F)c2)CC1. The zero-order valence-electron chi connectivity index (χ0n) is 14.8. The summed E-state index contributed by atoms with van der Waals surface area (Å²) < 4.78 is 97.0. The van der Waals surface area contributed by atoms with Gasteiger partial charge >= 0.3 is 12.3 Å². The molecule has 0 radical (unpaired) electrons. The first-order valence-corrected chi connectivity index (χ1v) is 8.71. The maximum absolute atomic E-state index is 14.0. The van der Waals surface area contributed by atoms with Crippen molar-refractivity contribution in [2.24, 2.45) is 11.8 Å². The lowest BCUT2D eigenvalue weighted by Gasteiger charge is -2.29. The van der Waals surface area contributed by atoms with Crippen LogP contribution in [0.2, 0.25) is 0 Å². The van der Waals surface area contributed by atoms with Crippen LogP contribution in [0.4, 0.5) is 30.7 Å². The van der Waals surface area contributed by atoms with Gasteiger partial charge in [-0.25, -0.2) is 8.78 Å². The third-order valence-electron chi connectivity index (χ3n) is 4.72. The third kappa shape index (κ3) is 6.23. The minimum atomic E-state index is -5.21. The molecule has 2 rings (SSSR count). The fourth-order valence-corrected chi connectivity index (χ4v) is 3.42. The Morgan fingerprint density at radius 1 is 1.00 bits per heavy atom. The van der Waals surface area contributed by atoms with Crippen molar-refractivity contribution in [1.82, 2.24) is 0 Å². The van der Waals surface area contributed by atoms with Gasteiger partial charge in [0.05, 0.1) is 6.61 Å². The molecule has 1 aliphatic rings. The van der Waals surface area contributed by atoms with Gasteiger partial charge in [-0.1, -0.05) is 12.2 Å². The molecule has 0 unspecified atom stereocenters. The van der Waals surface area contributed by atoms with Gasteiger partial charge in [0.25, 0.3) is 0 Å². The summed E-state index contributed by atoms with van der Waals surface area (Å²) in [5.74, 6) is -3.56. The predicted molar refractivity (Wildman–Crippen MR) is 86.0 cm³/mol. The Bertz CT molecular complexity index is 636. The number of benzene rings is 1. The highest BCUT2D eigenvalue weighted by Crippen LogP contribution is 2.38. The van der Waals surface area contributed by atoms with E-state index in [2.05, 4.69) is 10.8 Å². The van der Waals surface area contributed by atoms with Crippen LogP contribution in [0.1, 0.15) is 50.2 Å². The van der Waals surface area contributed by atoms with E-state index in [9.17, 15) is 30.7 Å². The molecule has 0 amide bonds. The smallest absolute Gasteiger partial charge is 0.316 e. The molecule has 1 nitrogen and oxygen atoms in total. The largest absolute Gasteiger partial charge is 0.422 e. The van der Waals surface area contributed by atoms with Crippen molar-refractivity contribution in [3.63, 3.8) is 0 Å². The lowest BCUT2D eigenvalue weighted by molar-refractivity contribution is -0.256. The van der Waals surface area contributed by atoms with Crippen LogP contribution in [0, 0.1) is 23.5 Å². The molecule has 152 valence electrons. The van der Waals surface area contributed by atoms with Crippen molar-refractivity contribution in [2.45, 2.75) is 57.9 Å². The van der Waals surface area contributed by atoms with E-state index >= 15 is 0 Å². The Morgan fingerprint density at radius 2 is 1.56 bits per heavy atom. The van der Waals surface area contributed by atoms with Crippen molar-refractivity contribution in [2.75, 3.05) is 0 Å². The number of ether oxygens (including phenoxy) is 1. The summed E-state index contributed by atoms with van der Waals surface area (Å²) in [6.07, 6.45) is -2.41. The summed E-state index contributed by atoms with van der Waals surface area (Å²) in [5.41, 5.74) is -2.47. The molecule has 0 spiro atoms. The van der Waals surface area contributed by atoms with Gasteiger partial charge in [0.2, 0.25) is 0 Å². The molecule has 0 bridgehead atoms. The van der Waals surface area contributed by atoms with Gasteiger partial charge < -0.3 is 4.74 Å². The van der Waals surface area contributed by atoms with Crippen LogP contribution < -0.4 is 0 Å². The summed E-state index contributed by atoms with van der Waals surface area (Å²) in [7, 11) is 0. The standard InChI is InChI=1S/C19H21F7O/c1-2-3-12-4-6-13(7-5-12)10-18(22,23)27-11-14-8-15(20)17(16(21)9-14)19(24,25)26/h2-3,8-9,12-13H,4-7,10-11H2,1H3/b3-2+. The van der Waals surface area contributed by atoms with Crippen LogP contribution in [0.25, 0.3) is 0 Å². The van der Waals surface area contributed by atoms with Crippen molar-refractivity contribution < 1.29 is 35.5 Å². The molecule has 0 N–H and O–H groups in total. The quantitative estimate of drug-likeness (QED) is 0.375. The van der Waals surface area contributed by atoms with Crippen molar-refractivity contribution in [3.8, 4) is 0 Å². The summed E-state index contributed by atoms with van der Waals surface area (Å²) in [6, 6.07) is 0.731. The lowest BCUT2D eigenvalue weighted by Crippen LogP contribution is -2.27. The first-order chi connectivity index (χ1) is 12.5. The summed E-state index contributed by atoms with van der Waals surface area (Å²) in [4.78, 5) is 0. The number of alkyl halides is 5. The second-order valence-electron chi connectivity index (χ2n) is 6.87. The van der Waals surface area contributed by atoms with Gasteiger partial charge in [0.1, 0.15) is 17.2 Å². The Hall–Kier alpha value is -1.57. The molecule has 0 atom stereocenters. The van der Waals surface area contributed by atoms with Crippen molar-refractivity contribution >= 4 is 0 Å². The fraction of sp³-hybridized carbons (Fsp3) is 0.579. The molecule has 0 heterocycles. The van der Waals surface area contributed by atoms with E-state index in [-0.39, 0.29) is 5.92 Å². The topological polar surface area (TPSA) is 9.23 Å². The van der Waals surface area contributed by atoms with E-state index in [1.807, 2.05) is 13.0 Å². The molecule has 0 saturated heterocycles. The maximum atomic E-state index is 14.0. The highest BCUT2D eigenvalue weighted by Gasteiger charge is 2.39. The lowest BCUT2D eigenvalue weighted by atomic mass is 9.80. The van der Waals surface area contributed by atoms with E-state index in [1.165, 1.54) is 0 Å². The van der Waals surface area contributed by atoms with E-state index in [0.29, 0.717) is 30.9 Å². The minimum Gasteiger partial charge on any atom is -0.316 e. The highest BCUT2D eigenvalue weighted by molar-refractivity contribution is 5.28. The van der Waals surface area contributed by atoms with Gasteiger partial charge in [-0.2, -0.15) is 22.0 Å². The zero-order chi connectivity index (χ0) is 20.2. The molecule has 1 aliphatic carbocycles. The predicted octanol–water partition coefficient (Wildman–Crippen LogP) is 6.87.